The fraction of sp³-hybridized carbons (Fsp3) is 1.00. The zero-order valence-corrected chi connectivity index (χ0v) is 12.4. The Bertz CT molecular complexity index is 225. The van der Waals surface area contributed by atoms with Gasteiger partial charge in [0.1, 0.15) is 0 Å². The molecule has 2 fully saturated rings. The highest BCUT2D eigenvalue weighted by molar-refractivity contribution is 4.87. The first-order chi connectivity index (χ1) is 8.70. The van der Waals surface area contributed by atoms with Crippen LogP contribution < -0.4 is 5.73 Å². The summed E-state index contributed by atoms with van der Waals surface area (Å²) in [5.74, 6) is 1.83. The Kier molecular flexibility index (Phi) is 5.50. The topological polar surface area (TPSA) is 29.3 Å². The van der Waals surface area contributed by atoms with Gasteiger partial charge >= 0.3 is 0 Å². The summed E-state index contributed by atoms with van der Waals surface area (Å²) in [6.45, 7) is 6.98. The minimum atomic E-state index is 0.846. The van der Waals surface area contributed by atoms with E-state index in [1.54, 1.807) is 0 Å². The van der Waals surface area contributed by atoms with Gasteiger partial charge < -0.3 is 5.73 Å². The Hall–Kier alpha value is -0.0800. The van der Waals surface area contributed by atoms with E-state index in [2.05, 4.69) is 18.7 Å². The average molecular weight is 252 g/mol. The van der Waals surface area contributed by atoms with Gasteiger partial charge in [-0.3, -0.25) is 4.90 Å². The molecule has 0 aromatic heterocycles. The van der Waals surface area contributed by atoms with Crippen LogP contribution in [0.4, 0.5) is 0 Å². The summed E-state index contributed by atoms with van der Waals surface area (Å²) in [7, 11) is 0. The lowest BCUT2D eigenvalue weighted by Gasteiger charge is -2.42. The highest BCUT2D eigenvalue weighted by atomic mass is 15.2. The maximum absolute atomic E-state index is 5.73. The van der Waals surface area contributed by atoms with Crippen LogP contribution in [0.5, 0.6) is 0 Å². The van der Waals surface area contributed by atoms with Gasteiger partial charge in [-0.1, -0.05) is 26.7 Å². The van der Waals surface area contributed by atoms with Crippen molar-refractivity contribution in [3.8, 4) is 0 Å². The predicted octanol–water partition coefficient (Wildman–Crippen LogP) is 3.40. The van der Waals surface area contributed by atoms with Crippen LogP contribution in [0.3, 0.4) is 0 Å². The van der Waals surface area contributed by atoms with Gasteiger partial charge in [-0.05, 0) is 63.5 Å². The van der Waals surface area contributed by atoms with Crippen molar-refractivity contribution in [3.63, 3.8) is 0 Å². The Morgan fingerprint density at radius 1 is 0.944 bits per heavy atom. The minimum Gasteiger partial charge on any atom is -0.330 e. The molecule has 0 aliphatic heterocycles. The van der Waals surface area contributed by atoms with Crippen LogP contribution in [-0.2, 0) is 0 Å². The number of hydrogen-bond acceptors (Lipinski definition) is 2. The van der Waals surface area contributed by atoms with Crippen LogP contribution in [0.2, 0.25) is 0 Å². The first-order valence-electron chi connectivity index (χ1n) is 8.16. The van der Waals surface area contributed by atoms with E-state index >= 15 is 0 Å². The normalized spacial score (nSPS) is 34.3. The van der Waals surface area contributed by atoms with Crippen molar-refractivity contribution in [2.75, 3.05) is 13.1 Å². The van der Waals surface area contributed by atoms with Gasteiger partial charge in [-0.2, -0.15) is 0 Å². The van der Waals surface area contributed by atoms with E-state index in [1.807, 2.05) is 0 Å². The summed E-state index contributed by atoms with van der Waals surface area (Å²) in [5, 5.41) is 0. The molecule has 0 spiro atoms. The van der Waals surface area contributed by atoms with Gasteiger partial charge in [-0.15, -0.1) is 0 Å². The van der Waals surface area contributed by atoms with Gasteiger partial charge in [-0.25, -0.2) is 0 Å². The molecule has 2 nitrogen and oxygen atoms in total. The lowest BCUT2D eigenvalue weighted by Crippen LogP contribution is -2.46. The highest BCUT2D eigenvalue weighted by Gasteiger charge is 2.32. The van der Waals surface area contributed by atoms with E-state index in [0.717, 1.165) is 30.5 Å². The summed E-state index contributed by atoms with van der Waals surface area (Å²) in [6.07, 6.45) is 11.2. The fourth-order valence-corrected chi connectivity index (χ4v) is 4.35. The zero-order valence-electron chi connectivity index (χ0n) is 12.4. The van der Waals surface area contributed by atoms with Crippen molar-refractivity contribution in [1.82, 2.24) is 4.90 Å². The van der Waals surface area contributed by atoms with Crippen LogP contribution in [0.25, 0.3) is 0 Å². The molecule has 2 N–H and O–H groups in total. The molecule has 2 aliphatic rings. The molecule has 2 unspecified atom stereocenters. The fourth-order valence-electron chi connectivity index (χ4n) is 4.35. The van der Waals surface area contributed by atoms with Crippen LogP contribution in [-0.4, -0.2) is 30.1 Å². The molecular formula is C16H32N2. The molecule has 0 saturated heterocycles. The third-order valence-corrected chi connectivity index (χ3v) is 5.04. The minimum absolute atomic E-state index is 0.846. The summed E-state index contributed by atoms with van der Waals surface area (Å²) in [5.41, 5.74) is 5.73. The predicted molar refractivity (Wildman–Crippen MR) is 78.6 cm³/mol. The second-order valence-electron chi connectivity index (χ2n) is 6.89. The van der Waals surface area contributed by atoms with E-state index in [1.165, 1.54) is 57.9 Å². The van der Waals surface area contributed by atoms with Crippen LogP contribution >= 0.6 is 0 Å². The Labute approximate surface area is 113 Å². The quantitative estimate of drug-likeness (QED) is 0.812. The molecule has 2 aliphatic carbocycles. The van der Waals surface area contributed by atoms with Crippen LogP contribution in [0, 0.1) is 11.8 Å². The molecule has 2 rings (SSSR count). The van der Waals surface area contributed by atoms with Crippen molar-refractivity contribution in [1.29, 1.82) is 0 Å². The Morgan fingerprint density at radius 3 is 2.11 bits per heavy atom. The van der Waals surface area contributed by atoms with E-state index < -0.39 is 0 Å². The van der Waals surface area contributed by atoms with Crippen LogP contribution in [0.1, 0.15) is 65.2 Å². The SMILES string of the molecule is CC1CC(C)CC(N(CCCN)C2CCCC2)C1. The Balaban J connectivity index is 1.97. The molecule has 0 aromatic carbocycles. The standard InChI is InChI=1S/C16H32N2/c1-13-10-14(2)12-16(11-13)18(9-5-8-17)15-6-3-4-7-15/h13-16H,3-12,17H2,1-2H3. The maximum Gasteiger partial charge on any atom is 0.0103 e. The van der Waals surface area contributed by atoms with Crippen molar-refractivity contribution in [2.24, 2.45) is 17.6 Å². The summed E-state index contributed by atoms with van der Waals surface area (Å²) >= 11 is 0. The largest absolute Gasteiger partial charge is 0.330 e. The van der Waals surface area contributed by atoms with E-state index in [9.17, 15) is 0 Å². The van der Waals surface area contributed by atoms with Gasteiger partial charge in [0.05, 0.1) is 0 Å². The van der Waals surface area contributed by atoms with Crippen molar-refractivity contribution in [2.45, 2.75) is 77.3 Å². The number of nitrogens with zero attached hydrogens (tertiary/aromatic N) is 1. The first kappa shape index (κ1) is 14.3. The average Bonchev–Trinajstić information content (AvgIpc) is 2.82. The van der Waals surface area contributed by atoms with Gasteiger partial charge in [0.25, 0.3) is 0 Å². The highest BCUT2D eigenvalue weighted by Crippen LogP contribution is 2.35. The molecule has 2 atom stereocenters. The van der Waals surface area contributed by atoms with Crippen molar-refractivity contribution < 1.29 is 0 Å². The lowest BCUT2D eigenvalue weighted by molar-refractivity contribution is 0.0716. The maximum atomic E-state index is 5.73. The van der Waals surface area contributed by atoms with E-state index in [0.29, 0.717) is 0 Å². The first-order valence-corrected chi connectivity index (χ1v) is 8.16. The van der Waals surface area contributed by atoms with E-state index in [4.69, 9.17) is 5.73 Å². The van der Waals surface area contributed by atoms with Gasteiger partial charge in [0, 0.05) is 12.1 Å². The second kappa shape index (κ2) is 6.91. The monoisotopic (exact) mass is 252 g/mol. The van der Waals surface area contributed by atoms with E-state index in [-0.39, 0.29) is 0 Å². The molecular weight excluding hydrogens is 220 g/mol. The molecule has 0 heterocycles. The van der Waals surface area contributed by atoms with Crippen molar-refractivity contribution in [3.05, 3.63) is 0 Å². The van der Waals surface area contributed by atoms with Gasteiger partial charge in [0.15, 0.2) is 0 Å². The Morgan fingerprint density at radius 2 is 1.56 bits per heavy atom. The molecule has 0 bridgehead atoms. The second-order valence-corrected chi connectivity index (χ2v) is 6.89. The molecule has 0 aromatic rings. The molecule has 2 saturated carbocycles. The number of hydrogen-bond donors (Lipinski definition) is 1. The lowest BCUT2D eigenvalue weighted by atomic mass is 9.79. The third-order valence-electron chi connectivity index (χ3n) is 5.04. The summed E-state index contributed by atoms with van der Waals surface area (Å²) in [6, 6.07) is 1.72. The smallest absolute Gasteiger partial charge is 0.0103 e. The molecule has 106 valence electrons. The summed E-state index contributed by atoms with van der Waals surface area (Å²) < 4.78 is 0. The zero-order chi connectivity index (χ0) is 13.0. The third kappa shape index (κ3) is 3.71. The van der Waals surface area contributed by atoms with Crippen molar-refractivity contribution >= 4 is 0 Å². The molecule has 18 heavy (non-hydrogen) atoms. The summed E-state index contributed by atoms with van der Waals surface area (Å²) in [4.78, 5) is 2.85. The van der Waals surface area contributed by atoms with Gasteiger partial charge in [0.2, 0.25) is 0 Å². The molecule has 0 radical (unpaired) electrons. The number of nitrogens with two attached hydrogens (primary N) is 1. The molecule has 0 amide bonds. The molecule has 2 heteroatoms. The van der Waals surface area contributed by atoms with Crippen LogP contribution in [0.15, 0.2) is 0 Å². The number of rotatable bonds is 5.